The van der Waals surface area contributed by atoms with E-state index in [4.69, 9.17) is 4.74 Å². The van der Waals surface area contributed by atoms with Gasteiger partial charge in [-0.05, 0) is 19.3 Å². The summed E-state index contributed by atoms with van der Waals surface area (Å²) in [5, 5.41) is 0. The molecule has 0 atom stereocenters. The van der Waals surface area contributed by atoms with Crippen LogP contribution in [0.25, 0.3) is 0 Å². The Bertz CT molecular complexity index is 231. The SMILES string of the molecule is CCCC/C=C(\CCCCCCCC)C(=O)OC. The van der Waals surface area contributed by atoms with Crippen LogP contribution >= 0.6 is 0 Å². The molecule has 0 heterocycles. The molecule has 0 bridgehead atoms. The lowest BCUT2D eigenvalue weighted by Gasteiger charge is -2.06. The first kappa shape index (κ1) is 17.2. The van der Waals surface area contributed by atoms with E-state index in [9.17, 15) is 4.79 Å². The van der Waals surface area contributed by atoms with E-state index in [1.165, 1.54) is 45.6 Å². The predicted octanol–water partition coefficient (Wildman–Crippen LogP) is 5.03. The Hall–Kier alpha value is -0.790. The number of carbonyl (C=O) groups is 1. The van der Waals surface area contributed by atoms with Crippen LogP contribution in [0, 0.1) is 0 Å². The molecule has 106 valence electrons. The van der Waals surface area contributed by atoms with Crippen LogP contribution in [-0.4, -0.2) is 13.1 Å². The molecule has 0 rings (SSSR count). The van der Waals surface area contributed by atoms with Crippen molar-refractivity contribution in [1.29, 1.82) is 0 Å². The molecule has 0 aromatic heterocycles. The highest BCUT2D eigenvalue weighted by Crippen LogP contribution is 2.14. The number of ether oxygens (including phenoxy) is 1. The van der Waals surface area contributed by atoms with Crippen molar-refractivity contribution in [3.63, 3.8) is 0 Å². The lowest BCUT2D eigenvalue weighted by atomic mass is 10.0. The maximum Gasteiger partial charge on any atom is 0.333 e. The van der Waals surface area contributed by atoms with Crippen molar-refractivity contribution in [2.45, 2.75) is 78.1 Å². The number of hydrogen-bond donors (Lipinski definition) is 0. The third-order valence-electron chi connectivity index (χ3n) is 3.20. The lowest BCUT2D eigenvalue weighted by Crippen LogP contribution is -2.05. The summed E-state index contributed by atoms with van der Waals surface area (Å²) in [4.78, 5) is 11.6. The molecule has 0 aliphatic heterocycles. The zero-order valence-electron chi connectivity index (χ0n) is 12.5. The molecular weight excluding hydrogens is 224 g/mol. The highest BCUT2D eigenvalue weighted by Gasteiger charge is 2.08. The minimum atomic E-state index is -0.139. The molecule has 0 aliphatic rings. The molecule has 0 aromatic carbocycles. The monoisotopic (exact) mass is 254 g/mol. The third-order valence-corrected chi connectivity index (χ3v) is 3.20. The summed E-state index contributed by atoms with van der Waals surface area (Å²) >= 11 is 0. The average Bonchev–Trinajstić information content (AvgIpc) is 2.40. The maximum absolute atomic E-state index is 11.6. The number of methoxy groups -OCH3 is 1. The zero-order chi connectivity index (χ0) is 13.6. The molecule has 0 saturated heterocycles. The third kappa shape index (κ3) is 9.26. The Kier molecular flexibility index (Phi) is 12.1. The second kappa shape index (κ2) is 12.7. The summed E-state index contributed by atoms with van der Waals surface area (Å²) in [6.45, 7) is 4.39. The van der Waals surface area contributed by atoms with Gasteiger partial charge in [0.2, 0.25) is 0 Å². The lowest BCUT2D eigenvalue weighted by molar-refractivity contribution is -0.136. The van der Waals surface area contributed by atoms with Crippen LogP contribution in [0.3, 0.4) is 0 Å². The van der Waals surface area contributed by atoms with Crippen LogP contribution < -0.4 is 0 Å². The normalized spacial score (nSPS) is 11.6. The number of rotatable bonds is 11. The summed E-state index contributed by atoms with van der Waals surface area (Å²) in [6.07, 6.45) is 13.8. The number of hydrogen-bond acceptors (Lipinski definition) is 2. The van der Waals surface area contributed by atoms with E-state index in [0.29, 0.717) is 0 Å². The molecule has 0 amide bonds. The van der Waals surface area contributed by atoms with Gasteiger partial charge in [0, 0.05) is 5.57 Å². The first-order valence-corrected chi connectivity index (χ1v) is 7.53. The molecule has 0 spiro atoms. The summed E-state index contributed by atoms with van der Waals surface area (Å²) in [6, 6.07) is 0. The van der Waals surface area contributed by atoms with Crippen LogP contribution in [0.15, 0.2) is 11.6 Å². The average molecular weight is 254 g/mol. The highest BCUT2D eigenvalue weighted by molar-refractivity contribution is 5.88. The Labute approximate surface area is 113 Å². The molecule has 2 heteroatoms. The molecule has 2 nitrogen and oxygen atoms in total. The highest BCUT2D eigenvalue weighted by atomic mass is 16.5. The second-order valence-corrected chi connectivity index (χ2v) is 4.88. The summed E-state index contributed by atoms with van der Waals surface area (Å²) in [7, 11) is 1.47. The van der Waals surface area contributed by atoms with Crippen LogP contribution in [0.2, 0.25) is 0 Å². The van der Waals surface area contributed by atoms with Crippen molar-refractivity contribution in [3.8, 4) is 0 Å². The molecule has 0 radical (unpaired) electrons. The first-order valence-electron chi connectivity index (χ1n) is 7.53. The van der Waals surface area contributed by atoms with Gasteiger partial charge in [-0.15, -0.1) is 0 Å². The quantitative estimate of drug-likeness (QED) is 0.294. The van der Waals surface area contributed by atoms with Gasteiger partial charge in [-0.2, -0.15) is 0 Å². The Morgan fingerprint density at radius 1 is 0.944 bits per heavy atom. The number of unbranched alkanes of at least 4 members (excludes halogenated alkanes) is 7. The molecule has 0 unspecified atom stereocenters. The first-order chi connectivity index (χ1) is 8.76. The smallest absolute Gasteiger partial charge is 0.333 e. The molecule has 0 saturated carbocycles. The molecular formula is C16H30O2. The van der Waals surface area contributed by atoms with Crippen LogP contribution in [0.5, 0.6) is 0 Å². The van der Waals surface area contributed by atoms with Gasteiger partial charge in [0.25, 0.3) is 0 Å². The van der Waals surface area contributed by atoms with E-state index in [-0.39, 0.29) is 5.97 Å². The largest absolute Gasteiger partial charge is 0.466 e. The number of carbonyl (C=O) groups excluding carboxylic acids is 1. The van der Waals surface area contributed by atoms with Gasteiger partial charge in [-0.1, -0.05) is 64.9 Å². The van der Waals surface area contributed by atoms with Crippen LogP contribution in [0.1, 0.15) is 78.1 Å². The van der Waals surface area contributed by atoms with Gasteiger partial charge >= 0.3 is 5.97 Å². The topological polar surface area (TPSA) is 26.3 Å². The molecule has 0 N–H and O–H groups in total. The Morgan fingerprint density at radius 3 is 2.17 bits per heavy atom. The van der Waals surface area contributed by atoms with Crippen LogP contribution in [-0.2, 0) is 9.53 Å². The fraction of sp³-hybridized carbons (Fsp3) is 0.812. The molecule has 0 aliphatic carbocycles. The second-order valence-electron chi connectivity index (χ2n) is 4.88. The van der Waals surface area contributed by atoms with E-state index in [1.54, 1.807) is 0 Å². The van der Waals surface area contributed by atoms with Crippen molar-refractivity contribution in [2.75, 3.05) is 7.11 Å². The van der Waals surface area contributed by atoms with Gasteiger partial charge in [-0.25, -0.2) is 4.79 Å². The van der Waals surface area contributed by atoms with Crippen LogP contribution in [0.4, 0.5) is 0 Å². The summed E-state index contributed by atoms with van der Waals surface area (Å²) in [5.41, 5.74) is 0.876. The predicted molar refractivity (Wildman–Crippen MR) is 77.6 cm³/mol. The maximum atomic E-state index is 11.6. The Balaban J connectivity index is 3.87. The fourth-order valence-electron chi connectivity index (χ4n) is 1.99. The van der Waals surface area contributed by atoms with Crippen molar-refractivity contribution in [3.05, 3.63) is 11.6 Å². The minimum absolute atomic E-state index is 0.139. The molecule has 0 aromatic rings. The van der Waals surface area contributed by atoms with Crippen molar-refractivity contribution < 1.29 is 9.53 Å². The van der Waals surface area contributed by atoms with Gasteiger partial charge < -0.3 is 4.74 Å². The Morgan fingerprint density at radius 2 is 1.56 bits per heavy atom. The molecule has 18 heavy (non-hydrogen) atoms. The molecule has 0 fully saturated rings. The van der Waals surface area contributed by atoms with Gasteiger partial charge in [0.1, 0.15) is 0 Å². The van der Waals surface area contributed by atoms with Gasteiger partial charge in [0.15, 0.2) is 0 Å². The van der Waals surface area contributed by atoms with E-state index in [2.05, 4.69) is 19.9 Å². The van der Waals surface area contributed by atoms with Gasteiger partial charge in [-0.3, -0.25) is 0 Å². The van der Waals surface area contributed by atoms with E-state index >= 15 is 0 Å². The van der Waals surface area contributed by atoms with Crippen molar-refractivity contribution in [2.24, 2.45) is 0 Å². The van der Waals surface area contributed by atoms with E-state index in [0.717, 1.165) is 31.3 Å². The zero-order valence-corrected chi connectivity index (χ0v) is 12.5. The van der Waals surface area contributed by atoms with Gasteiger partial charge in [0.05, 0.1) is 7.11 Å². The van der Waals surface area contributed by atoms with Crippen molar-refractivity contribution >= 4 is 5.97 Å². The minimum Gasteiger partial charge on any atom is -0.466 e. The van der Waals surface area contributed by atoms with E-state index in [1.807, 2.05) is 0 Å². The standard InChI is InChI=1S/C16H30O2/c1-4-6-8-9-10-12-14-15(16(17)18-3)13-11-7-5-2/h13H,4-12,14H2,1-3H3/b15-13+. The summed E-state index contributed by atoms with van der Waals surface area (Å²) in [5.74, 6) is -0.139. The fourth-order valence-corrected chi connectivity index (χ4v) is 1.99. The summed E-state index contributed by atoms with van der Waals surface area (Å²) < 4.78 is 4.83. The number of allylic oxidation sites excluding steroid dienone is 1. The number of esters is 1. The van der Waals surface area contributed by atoms with E-state index < -0.39 is 0 Å². The van der Waals surface area contributed by atoms with Crippen molar-refractivity contribution in [1.82, 2.24) is 0 Å².